The second-order valence-corrected chi connectivity index (χ2v) is 12.7. The molecule has 11 heteroatoms. The van der Waals surface area contributed by atoms with Gasteiger partial charge in [-0.3, -0.25) is 4.72 Å². The van der Waals surface area contributed by atoms with E-state index in [1.165, 1.54) is 18.2 Å². The Hall–Kier alpha value is -5.03. The van der Waals surface area contributed by atoms with Crippen LogP contribution in [0.5, 0.6) is 0 Å². The summed E-state index contributed by atoms with van der Waals surface area (Å²) in [5, 5.41) is 4.03. The molecule has 0 saturated carbocycles. The minimum absolute atomic E-state index is 0.0396. The minimum Gasteiger partial charge on any atom is -0.445 e. The molecule has 1 amide bonds. The topological polar surface area (TPSA) is 114 Å². The van der Waals surface area contributed by atoms with Crippen molar-refractivity contribution in [1.29, 1.82) is 0 Å². The quantitative estimate of drug-likeness (QED) is 0.190. The molecule has 0 aliphatic carbocycles. The molecule has 1 atom stereocenters. The van der Waals surface area contributed by atoms with Crippen molar-refractivity contribution >= 4 is 38.7 Å². The standard InChI is InChI=1S/C34H32FN5O4S/c35-31-15-14-28(39-45(42,43)23-25-10-5-2-6-11-25)19-30(31)26-13-16-32-27(18-26)20-36-33(38-32)37-29-12-7-17-40(21-29)34(41)44-22-24-8-3-1-4-9-24/h1-6,8-11,13-16,18-20,29,39H,7,12,17,21-23H2,(H,36,37,38)/t29-/m0/s1. The number of carbonyl (C=O) groups is 1. The number of aromatic nitrogens is 2. The van der Waals surface area contributed by atoms with Gasteiger partial charge in [0.25, 0.3) is 0 Å². The molecule has 45 heavy (non-hydrogen) atoms. The van der Waals surface area contributed by atoms with Gasteiger partial charge in [-0.2, -0.15) is 0 Å². The summed E-state index contributed by atoms with van der Waals surface area (Å²) in [4.78, 5) is 23.5. The molecule has 230 valence electrons. The van der Waals surface area contributed by atoms with Crippen molar-refractivity contribution in [1.82, 2.24) is 14.9 Å². The molecule has 0 spiro atoms. The van der Waals surface area contributed by atoms with Crippen molar-refractivity contribution in [2.24, 2.45) is 0 Å². The molecule has 5 aromatic rings. The van der Waals surface area contributed by atoms with Crippen molar-refractivity contribution in [3.63, 3.8) is 0 Å². The molecule has 1 fully saturated rings. The Kier molecular flexibility index (Phi) is 8.88. The number of amides is 1. The first-order valence-corrected chi connectivity index (χ1v) is 16.3. The molecule has 0 unspecified atom stereocenters. The molecule has 6 rings (SSSR count). The Morgan fingerprint density at radius 3 is 2.49 bits per heavy atom. The van der Waals surface area contributed by atoms with Gasteiger partial charge in [0, 0.05) is 42.0 Å². The van der Waals surface area contributed by atoms with Crippen LogP contribution in [0, 0.1) is 5.82 Å². The number of likely N-dealkylation sites (tertiary alicyclic amines) is 1. The number of carbonyl (C=O) groups excluding carboxylic acids is 1. The van der Waals surface area contributed by atoms with Gasteiger partial charge < -0.3 is 15.0 Å². The highest BCUT2D eigenvalue weighted by molar-refractivity contribution is 7.91. The third-order valence-corrected chi connectivity index (χ3v) is 8.81. The molecule has 0 bridgehead atoms. The number of anilines is 2. The highest BCUT2D eigenvalue weighted by atomic mass is 32.2. The van der Waals surface area contributed by atoms with E-state index in [-0.39, 0.29) is 35.7 Å². The number of nitrogens with one attached hydrogen (secondary N) is 2. The SMILES string of the molecule is O=C(OCc1ccccc1)N1CCC[C@H](Nc2ncc3cc(-c4cc(NS(=O)(=O)Cc5ccccc5)ccc4F)ccc3n2)C1. The number of fused-ring (bicyclic) bond motifs is 1. The second kappa shape index (κ2) is 13.3. The molecule has 9 nitrogen and oxygen atoms in total. The van der Waals surface area contributed by atoms with E-state index in [1.807, 2.05) is 36.4 Å². The van der Waals surface area contributed by atoms with Crippen LogP contribution in [0.25, 0.3) is 22.0 Å². The normalized spacial score (nSPS) is 15.0. The highest BCUT2D eigenvalue weighted by Crippen LogP contribution is 2.29. The van der Waals surface area contributed by atoms with Crippen LogP contribution in [0.15, 0.2) is 103 Å². The summed E-state index contributed by atoms with van der Waals surface area (Å²) in [6, 6.07) is 27.8. The van der Waals surface area contributed by atoms with E-state index in [0.29, 0.717) is 41.1 Å². The first-order valence-electron chi connectivity index (χ1n) is 14.6. The van der Waals surface area contributed by atoms with Gasteiger partial charge in [0.1, 0.15) is 12.4 Å². The lowest BCUT2D eigenvalue weighted by Crippen LogP contribution is -2.45. The van der Waals surface area contributed by atoms with Crippen LogP contribution in [0.4, 0.5) is 20.8 Å². The van der Waals surface area contributed by atoms with Crippen LogP contribution in [0.3, 0.4) is 0 Å². The van der Waals surface area contributed by atoms with Gasteiger partial charge in [-0.15, -0.1) is 0 Å². The summed E-state index contributed by atoms with van der Waals surface area (Å²) < 4.78 is 48.4. The Balaban J connectivity index is 1.11. The molecule has 4 aromatic carbocycles. The zero-order valence-electron chi connectivity index (χ0n) is 24.4. The van der Waals surface area contributed by atoms with Crippen LogP contribution >= 0.6 is 0 Å². The fraction of sp³-hybridized carbons (Fsp3) is 0.206. The van der Waals surface area contributed by atoms with E-state index in [4.69, 9.17) is 4.74 Å². The maximum Gasteiger partial charge on any atom is 0.410 e. The van der Waals surface area contributed by atoms with Gasteiger partial charge in [0.2, 0.25) is 16.0 Å². The number of benzene rings is 4. The molecule has 2 N–H and O–H groups in total. The van der Waals surface area contributed by atoms with E-state index >= 15 is 0 Å². The minimum atomic E-state index is -3.70. The maximum atomic E-state index is 14.9. The fourth-order valence-corrected chi connectivity index (χ4v) is 6.53. The van der Waals surface area contributed by atoms with Crippen molar-refractivity contribution < 1.29 is 22.3 Å². The predicted octanol–water partition coefficient (Wildman–Crippen LogP) is 6.59. The molecule has 2 heterocycles. The Morgan fingerprint density at radius 1 is 0.956 bits per heavy atom. The highest BCUT2D eigenvalue weighted by Gasteiger charge is 2.25. The second-order valence-electron chi connectivity index (χ2n) is 11.0. The zero-order valence-corrected chi connectivity index (χ0v) is 25.2. The van der Waals surface area contributed by atoms with E-state index < -0.39 is 15.8 Å². The van der Waals surface area contributed by atoms with Gasteiger partial charge in [0.15, 0.2) is 0 Å². The van der Waals surface area contributed by atoms with Gasteiger partial charge in [-0.1, -0.05) is 66.7 Å². The molecule has 1 saturated heterocycles. The fourth-order valence-electron chi connectivity index (χ4n) is 5.34. The summed E-state index contributed by atoms with van der Waals surface area (Å²) in [5.41, 5.74) is 3.32. The molecule has 1 aliphatic rings. The summed E-state index contributed by atoms with van der Waals surface area (Å²) >= 11 is 0. The number of hydrogen-bond acceptors (Lipinski definition) is 7. The van der Waals surface area contributed by atoms with E-state index in [2.05, 4.69) is 20.0 Å². The van der Waals surface area contributed by atoms with Crippen molar-refractivity contribution in [2.75, 3.05) is 23.1 Å². The van der Waals surface area contributed by atoms with Crippen LogP contribution < -0.4 is 10.0 Å². The summed E-state index contributed by atoms with van der Waals surface area (Å²) in [6.45, 7) is 1.32. The third-order valence-electron chi connectivity index (χ3n) is 7.55. The van der Waals surface area contributed by atoms with Crippen LogP contribution in [0.2, 0.25) is 0 Å². The number of hydrogen-bond donors (Lipinski definition) is 2. The number of rotatable bonds is 9. The molecule has 0 radical (unpaired) electrons. The Labute approximate surface area is 261 Å². The summed E-state index contributed by atoms with van der Waals surface area (Å²) in [6.07, 6.45) is 2.99. The van der Waals surface area contributed by atoms with Crippen molar-refractivity contribution in [3.8, 4) is 11.1 Å². The molecule has 1 aromatic heterocycles. The smallest absolute Gasteiger partial charge is 0.410 e. The number of ether oxygens (including phenoxy) is 1. The Morgan fingerprint density at radius 2 is 1.71 bits per heavy atom. The number of halogens is 1. The van der Waals surface area contributed by atoms with Gasteiger partial charge >= 0.3 is 6.09 Å². The maximum absolute atomic E-state index is 14.9. The van der Waals surface area contributed by atoms with Crippen LogP contribution in [0.1, 0.15) is 24.0 Å². The number of nitrogens with zero attached hydrogens (tertiary/aromatic N) is 3. The third kappa shape index (κ3) is 7.74. The molecular formula is C34H32FN5O4S. The monoisotopic (exact) mass is 625 g/mol. The number of sulfonamides is 1. The van der Waals surface area contributed by atoms with E-state index in [1.54, 1.807) is 53.6 Å². The van der Waals surface area contributed by atoms with Crippen molar-refractivity contribution in [2.45, 2.75) is 31.2 Å². The summed E-state index contributed by atoms with van der Waals surface area (Å²) in [5.74, 6) is -0.244. The van der Waals surface area contributed by atoms with Gasteiger partial charge in [-0.05, 0) is 59.9 Å². The largest absolute Gasteiger partial charge is 0.445 e. The molecular weight excluding hydrogens is 593 g/mol. The molecule has 1 aliphatic heterocycles. The van der Waals surface area contributed by atoms with Crippen LogP contribution in [-0.4, -0.2) is 48.5 Å². The Bertz CT molecular complexity index is 1910. The zero-order chi connectivity index (χ0) is 31.2. The lowest BCUT2D eigenvalue weighted by molar-refractivity contribution is 0.0874. The average Bonchev–Trinajstić information content (AvgIpc) is 3.05. The van der Waals surface area contributed by atoms with E-state index in [0.717, 1.165) is 18.4 Å². The number of piperidine rings is 1. The van der Waals surface area contributed by atoms with Crippen molar-refractivity contribution in [3.05, 3.63) is 120 Å². The van der Waals surface area contributed by atoms with E-state index in [9.17, 15) is 17.6 Å². The first-order chi connectivity index (χ1) is 21.8. The predicted molar refractivity (Wildman–Crippen MR) is 172 cm³/mol. The first kappa shape index (κ1) is 30.0. The average molecular weight is 626 g/mol. The summed E-state index contributed by atoms with van der Waals surface area (Å²) in [7, 11) is -3.70. The van der Waals surface area contributed by atoms with Crippen LogP contribution in [-0.2, 0) is 27.1 Å². The van der Waals surface area contributed by atoms with Gasteiger partial charge in [-0.25, -0.2) is 27.6 Å². The lowest BCUT2D eigenvalue weighted by atomic mass is 10.0. The van der Waals surface area contributed by atoms with Gasteiger partial charge in [0.05, 0.1) is 11.3 Å². The lowest BCUT2D eigenvalue weighted by Gasteiger charge is -2.32.